The molecule has 1 heterocycles. The van der Waals surface area contributed by atoms with Gasteiger partial charge in [-0.2, -0.15) is 0 Å². The number of hydrogen-bond donors (Lipinski definition) is 1. The van der Waals surface area contributed by atoms with E-state index in [2.05, 4.69) is 5.32 Å². The summed E-state index contributed by atoms with van der Waals surface area (Å²) < 4.78 is 1.67. The van der Waals surface area contributed by atoms with E-state index in [1.165, 1.54) is 0 Å². The Balaban J connectivity index is 2.39. The van der Waals surface area contributed by atoms with Crippen LogP contribution >= 0.6 is 11.6 Å². The molecule has 0 aliphatic rings. The zero-order valence-corrected chi connectivity index (χ0v) is 9.00. The maximum atomic E-state index is 11.3. The van der Waals surface area contributed by atoms with Gasteiger partial charge in [-0.15, -0.1) is 11.6 Å². The van der Waals surface area contributed by atoms with Gasteiger partial charge in [-0.1, -0.05) is 6.07 Å². The first kappa shape index (κ1) is 11.3. The van der Waals surface area contributed by atoms with E-state index in [4.69, 9.17) is 11.6 Å². The van der Waals surface area contributed by atoms with Crippen molar-refractivity contribution in [2.24, 2.45) is 0 Å². The standard InChI is InChI=1S/C10H15ClN2O/c1-9(8-11)12-5-7-13-6-3-2-4-10(13)14/h2-4,6,9,12H,5,7-8H2,1H3. The molecule has 14 heavy (non-hydrogen) atoms. The van der Waals surface area contributed by atoms with Crippen molar-refractivity contribution in [2.45, 2.75) is 19.5 Å². The molecular formula is C10H15ClN2O. The molecule has 0 bridgehead atoms. The first-order valence-electron chi connectivity index (χ1n) is 4.69. The van der Waals surface area contributed by atoms with Crippen molar-refractivity contribution in [3.8, 4) is 0 Å². The van der Waals surface area contributed by atoms with E-state index in [0.717, 1.165) is 6.54 Å². The largest absolute Gasteiger partial charge is 0.314 e. The topological polar surface area (TPSA) is 34.0 Å². The maximum absolute atomic E-state index is 11.3. The molecule has 1 rings (SSSR count). The second-order valence-corrected chi connectivity index (χ2v) is 3.55. The third kappa shape index (κ3) is 3.52. The summed E-state index contributed by atoms with van der Waals surface area (Å²) >= 11 is 5.63. The van der Waals surface area contributed by atoms with E-state index in [0.29, 0.717) is 12.4 Å². The molecule has 1 aromatic rings. The van der Waals surface area contributed by atoms with Crippen molar-refractivity contribution in [1.82, 2.24) is 9.88 Å². The van der Waals surface area contributed by atoms with Gasteiger partial charge in [0.25, 0.3) is 5.56 Å². The minimum atomic E-state index is 0.0350. The number of pyridine rings is 1. The smallest absolute Gasteiger partial charge is 0.250 e. The molecule has 4 heteroatoms. The molecule has 1 atom stereocenters. The minimum Gasteiger partial charge on any atom is -0.314 e. The second kappa shape index (κ2) is 5.83. The number of nitrogens with zero attached hydrogens (tertiary/aromatic N) is 1. The summed E-state index contributed by atoms with van der Waals surface area (Å²) in [5, 5.41) is 3.22. The highest BCUT2D eigenvalue weighted by Crippen LogP contribution is 1.86. The van der Waals surface area contributed by atoms with Gasteiger partial charge < -0.3 is 9.88 Å². The fourth-order valence-corrected chi connectivity index (χ4v) is 1.24. The summed E-state index contributed by atoms with van der Waals surface area (Å²) in [4.78, 5) is 11.3. The van der Waals surface area contributed by atoms with Crippen LogP contribution in [0.25, 0.3) is 0 Å². The average molecular weight is 215 g/mol. The van der Waals surface area contributed by atoms with E-state index in [1.54, 1.807) is 22.9 Å². The highest BCUT2D eigenvalue weighted by molar-refractivity contribution is 6.18. The summed E-state index contributed by atoms with van der Waals surface area (Å²) in [5.41, 5.74) is 0.0350. The van der Waals surface area contributed by atoms with Gasteiger partial charge in [-0.25, -0.2) is 0 Å². The van der Waals surface area contributed by atoms with Crippen molar-refractivity contribution < 1.29 is 0 Å². The van der Waals surface area contributed by atoms with Gasteiger partial charge >= 0.3 is 0 Å². The van der Waals surface area contributed by atoms with E-state index in [-0.39, 0.29) is 11.6 Å². The Hall–Kier alpha value is -0.800. The molecule has 1 aromatic heterocycles. The van der Waals surface area contributed by atoms with Crippen LogP contribution in [0.2, 0.25) is 0 Å². The third-order valence-corrected chi connectivity index (χ3v) is 2.44. The van der Waals surface area contributed by atoms with Crippen molar-refractivity contribution in [3.05, 3.63) is 34.7 Å². The summed E-state index contributed by atoms with van der Waals surface area (Å²) in [6.07, 6.45) is 1.79. The molecule has 78 valence electrons. The number of nitrogens with one attached hydrogen (secondary N) is 1. The Morgan fingerprint density at radius 1 is 1.57 bits per heavy atom. The quantitative estimate of drug-likeness (QED) is 0.744. The zero-order valence-electron chi connectivity index (χ0n) is 8.24. The first-order valence-corrected chi connectivity index (χ1v) is 5.22. The molecule has 0 aromatic carbocycles. The predicted octanol–water partition coefficient (Wildman–Crippen LogP) is 1.07. The lowest BCUT2D eigenvalue weighted by molar-refractivity contribution is 0.537. The molecule has 1 N–H and O–H groups in total. The number of halogens is 1. The van der Waals surface area contributed by atoms with Crippen LogP contribution < -0.4 is 10.9 Å². The molecule has 0 fully saturated rings. The monoisotopic (exact) mass is 214 g/mol. The van der Waals surface area contributed by atoms with E-state index >= 15 is 0 Å². The summed E-state index contributed by atoms with van der Waals surface area (Å²) in [7, 11) is 0. The van der Waals surface area contributed by atoms with E-state index in [9.17, 15) is 4.79 Å². The fraction of sp³-hybridized carbons (Fsp3) is 0.500. The molecule has 0 spiro atoms. The van der Waals surface area contributed by atoms with Gasteiger partial charge in [0.1, 0.15) is 0 Å². The maximum Gasteiger partial charge on any atom is 0.250 e. The highest BCUT2D eigenvalue weighted by atomic mass is 35.5. The van der Waals surface area contributed by atoms with Crippen LogP contribution in [0.3, 0.4) is 0 Å². The van der Waals surface area contributed by atoms with E-state index in [1.807, 2.05) is 13.0 Å². The van der Waals surface area contributed by atoms with Gasteiger partial charge in [-0.3, -0.25) is 4.79 Å². The molecule has 0 radical (unpaired) electrons. The van der Waals surface area contributed by atoms with Crippen molar-refractivity contribution >= 4 is 11.6 Å². The molecule has 0 aliphatic heterocycles. The van der Waals surface area contributed by atoms with Crippen molar-refractivity contribution in [3.63, 3.8) is 0 Å². The highest BCUT2D eigenvalue weighted by Gasteiger charge is 1.98. The van der Waals surface area contributed by atoms with Crippen molar-refractivity contribution in [1.29, 1.82) is 0 Å². The van der Waals surface area contributed by atoms with Crippen molar-refractivity contribution in [2.75, 3.05) is 12.4 Å². The Bertz CT molecular complexity index is 324. The number of alkyl halides is 1. The molecule has 0 amide bonds. The van der Waals surface area contributed by atoms with Crippen LogP contribution in [0.4, 0.5) is 0 Å². The Kier molecular flexibility index (Phi) is 4.70. The first-order chi connectivity index (χ1) is 6.74. The van der Waals surface area contributed by atoms with Gasteiger partial charge in [0.05, 0.1) is 0 Å². The molecule has 0 saturated heterocycles. The lowest BCUT2D eigenvalue weighted by atomic mass is 10.4. The van der Waals surface area contributed by atoms with Crippen LogP contribution in [-0.2, 0) is 6.54 Å². The van der Waals surface area contributed by atoms with Gasteiger partial charge in [0.2, 0.25) is 0 Å². The number of aromatic nitrogens is 1. The Morgan fingerprint density at radius 2 is 2.36 bits per heavy atom. The molecule has 0 saturated carbocycles. The Labute approximate surface area is 88.7 Å². The average Bonchev–Trinajstić information content (AvgIpc) is 2.20. The number of rotatable bonds is 5. The van der Waals surface area contributed by atoms with Crippen LogP contribution in [0.15, 0.2) is 29.2 Å². The Morgan fingerprint density at radius 3 is 3.00 bits per heavy atom. The minimum absolute atomic E-state index is 0.0350. The third-order valence-electron chi connectivity index (χ3n) is 1.98. The summed E-state index contributed by atoms with van der Waals surface area (Å²) in [6, 6.07) is 5.45. The lowest BCUT2D eigenvalue weighted by Crippen LogP contribution is -2.32. The van der Waals surface area contributed by atoms with E-state index < -0.39 is 0 Å². The molecule has 0 aliphatic carbocycles. The van der Waals surface area contributed by atoms with Gasteiger partial charge in [-0.05, 0) is 13.0 Å². The molecular weight excluding hydrogens is 200 g/mol. The van der Waals surface area contributed by atoms with Gasteiger partial charge in [0, 0.05) is 37.3 Å². The SMILES string of the molecule is CC(CCl)NCCn1ccccc1=O. The predicted molar refractivity (Wildman–Crippen MR) is 58.9 cm³/mol. The second-order valence-electron chi connectivity index (χ2n) is 3.24. The molecule has 1 unspecified atom stereocenters. The fourth-order valence-electron chi connectivity index (χ4n) is 1.13. The van der Waals surface area contributed by atoms with Crippen LogP contribution in [-0.4, -0.2) is 23.0 Å². The lowest BCUT2D eigenvalue weighted by Gasteiger charge is -2.10. The van der Waals surface area contributed by atoms with Gasteiger partial charge in [0.15, 0.2) is 0 Å². The number of hydrogen-bond acceptors (Lipinski definition) is 2. The summed E-state index contributed by atoms with van der Waals surface area (Å²) in [5.74, 6) is 0.587. The van der Waals surface area contributed by atoms with Crippen LogP contribution in [0.5, 0.6) is 0 Å². The van der Waals surface area contributed by atoms with Crippen LogP contribution in [0, 0.1) is 0 Å². The van der Waals surface area contributed by atoms with Crippen LogP contribution in [0.1, 0.15) is 6.92 Å². The normalized spacial score (nSPS) is 12.7. The molecule has 3 nitrogen and oxygen atoms in total. The summed E-state index contributed by atoms with van der Waals surface area (Å²) in [6.45, 7) is 3.46. The zero-order chi connectivity index (χ0) is 10.4.